The number of rotatable bonds is 5. The van der Waals surface area contributed by atoms with Crippen LogP contribution in [0.2, 0.25) is 0 Å². The molecule has 2 aromatic rings. The highest BCUT2D eigenvalue weighted by atomic mass is 35.5. The topological polar surface area (TPSA) is 64.3 Å². The molecule has 2 aromatic carbocycles. The summed E-state index contributed by atoms with van der Waals surface area (Å²) >= 11 is 0. The first-order chi connectivity index (χ1) is 10.5. The summed E-state index contributed by atoms with van der Waals surface area (Å²) in [6.45, 7) is 6.45. The van der Waals surface area contributed by atoms with Crippen LogP contribution in [-0.4, -0.2) is 12.5 Å². The summed E-state index contributed by atoms with van der Waals surface area (Å²) in [5.41, 5.74) is 10.4. The molecular weight excluding hydrogens is 312 g/mol. The van der Waals surface area contributed by atoms with Crippen molar-refractivity contribution in [1.29, 1.82) is 0 Å². The number of nitrogens with two attached hydrogens (primary N) is 1. The molecule has 0 fully saturated rings. The minimum absolute atomic E-state index is 0. The first kappa shape index (κ1) is 18.8. The van der Waals surface area contributed by atoms with E-state index in [9.17, 15) is 4.79 Å². The third-order valence-corrected chi connectivity index (χ3v) is 3.59. The maximum absolute atomic E-state index is 11.9. The lowest BCUT2D eigenvalue weighted by Crippen LogP contribution is -2.16. The van der Waals surface area contributed by atoms with E-state index in [1.54, 1.807) is 12.1 Å². The van der Waals surface area contributed by atoms with E-state index in [1.165, 1.54) is 5.56 Å². The molecule has 0 aliphatic heterocycles. The van der Waals surface area contributed by atoms with Crippen LogP contribution in [0.15, 0.2) is 36.4 Å². The standard InChI is InChI=1S/C18H22N2O2.ClH/c1-12-10-13(2)14(3)17(11-12)22-9-8-18(21)20-16-7-5-4-6-15(16)19;/h4-7,10-11H,8-9,19H2,1-3H3,(H,20,21);1H. The molecular formula is C18H23ClN2O2. The molecule has 0 spiro atoms. The van der Waals surface area contributed by atoms with Crippen molar-refractivity contribution in [2.24, 2.45) is 0 Å². The van der Waals surface area contributed by atoms with E-state index >= 15 is 0 Å². The molecule has 0 heterocycles. The van der Waals surface area contributed by atoms with Crippen molar-refractivity contribution in [2.75, 3.05) is 17.7 Å². The highest BCUT2D eigenvalue weighted by Gasteiger charge is 2.07. The number of amides is 1. The molecule has 3 N–H and O–H groups in total. The number of hydrogen-bond acceptors (Lipinski definition) is 3. The molecule has 0 atom stereocenters. The van der Waals surface area contributed by atoms with Gasteiger partial charge in [-0.05, 0) is 55.7 Å². The monoisotopic (exact) mass is 334 g/mol. The van der Waals surface area contributed by atoms with Crippen molar-refractivity contribution in [1.82, 2.24) is 0 Å². The smallest absolute Gasteiger partial charge is 0.227 e. The summed E-state index contributed by atoms with van der Waals surface area (Å²) in [4.78, 5) is 11.9. The Morgan fingerprint density at radius 2 is 1.87 bits per heavy atom. The second kappa shape index (κ2) is 8.44. The Bertz CT molecular complexity index is 687. The maximum atomic E-state index is 11.9. The molecule has 5 heteroatoms. The first-order valence-electron chi connectivity index (χ1n) is 7.32. The van der Waals surface area contributed by atoms with E-state index in [-0.39, 0.29) is 24.7 Å². The minimum Gasteiger partial charge on any atom is -0.493 e. The average molecular weight is 335 g/mol. The molecule has 0 aliphatic rings. The van der Waals surface area contributed by atoms with E-state index in [0.29, 0.717) is 18.0 Å². The van der Waals surface area contributed by atoms with E-state index in [1.807, 2.05) is 32.0 Å². The Morgan fingerprint density at radius 1 is 1.17 bits per heavy atom. The van der Waals surface area contributed by atoms with Crippen LogP contribution in [0, 0.1) is 20.8 Å². The van der Waals surface area contributed by atoms with Crippen molar-refractivity contribution in [3.8, 4) is 5.75 Å². The lowest BCUT2D eigenvalue weighted by Gasteiger charge is -2.12. The number of carbonyl (C=O) groups excluding carboxylic acids is 1. The van der Waals surface area contributed by atoms with Crippen molar-refractivity contribution in [3.63, 3.8) is 0 Å². The molecule has 0 aliphatic carbocycles. The van der Waals surface area contributed by atoms with E-state index in [0.717, 1.165) is 16.9 Å². The van der Waals surface area contributed by atoms with Gasteiger partial charge in [-0.15, -0.1) is 12.4 Å². The van der Waals surface area contributed by atoms with Crippen molar-refractivity contribution >= 4 is 29.7 Å². The zero-order valence-electron chi connectivity index (χ0n) is 13.7. The second-order valence-corrected chi connectivity index (χ2v) is 5.44. The molecule has 0 bridgehead atoms. The molecule has 0 saturated heterocycles. The molecule has 2 rings (SSSR count). The van der Waals surface area contributed by atoms with Crippen LogP contribution in [0.5, 0.6) is 5.75 Å². The van der Waals surface area contributed by atoms with Crippen LogP contribution >= 0.6 is 12.4 Å². The number of nitrogens with one attached hydrogen (secondary N) is 1. The molecule has 0 radical (unpaired) electrons. The number of para-hydroxylation sites is 2. The van der Waals surface area contributed by atoms with Crippen molar-refractivity contribution in [2.45, 2.75) is 27.2 Å². The highest BCUT2D eigenvalue weighted by Crippen LogP contribution is 2.23. The van der Waals surface area contributed by atoms with Gasteiger partial charge in [0.15, 0.2) is 0 Å². The summed E-state index contributed by atoms with van der Waals surface area (Å²) in [5.74, 6) is 0.726. The van der Waals surface area contributed by atoms with Crippen molar-refractivity contribution < 1.29 is 9.53 Å². The number of halogens is 1. The zero-order valence-corrected chi connectivity index (χ0v) is 14.5. The van der Waals surface area contributed by atoms with Gasteiger partial charge >= 0.3 is 0 Å². The van der Waals surface area contributed by atoms with Gasteiger partial charge in [0.25, 0.3) is 0 Å². The van der Waals surface area contributed by atoms with Gasteiger partial charge < -0.3 is 15.8 Å². The highest BCUT2D eigenvalue weighted by molar-refractivity contribution is 5.93. The minimum atomic E-state index is -0.111. The van der Waals surface area contributed by atoms with Gasteiger partial charge in [0, 0.05) is 0 Å². The SMILES string of the molecule is Cc1cc(C)c(C)c(OCCC(=O)Nc2ccccc2N)c1.Cl. The van der Waals surface area contributed by atoms with Gasteiger partial charge in [0.1, 0.15) is 5.75 Å². The molecule has 1 amide bonds. The number of aryl methyl sites for hydroxylation is 2. The van der Waals surface area contributed by atoms with E-state index in [4.69, 9.17) is 10.5 Å². The van der Waals surface area contributed by atoms with Gasteiger partial charge in [-0.1, -0.05) is 18.2 Å². The van der Waals surface area contributed by atoms with Crippen LogP contribution in [0.25, 0.3) is 0 Å². The fraction of sp³-hybridized carbons (Fsp3) is 0.278. The second-order valence-electron chi connectivity index (χ2n) is 5.44. The van der Waals surface area contributed by atoms with Crippen LogP contribution < -0.4 is 15.8 Å². The third-order valence-electron chi connectivity index (χ3n) is 3.59. The van der Waals surface area contributed by atoms with Crippen LogP contribution in [0.4, 0.5) is 11.4 Å². The summed E-state index contributed by atoms with van der Waals surface area (Å²) in [7, 11) is 0. The number of benzene rings is 2. The van der Waals surface area contributed by atoms with Crippen LogP contribution in [-0.2, 0) is 4.79 Å². The lowest BCUT2D eigenvalue weighted by atomic mass is 10.1. The van der Waals surface area contributed by atoms with Gasteiger partial charge in [-0.2, -0.15) is 0 Å². The average Bonchev–Trinajstić information content (AvgIpc) is 2.46. The Morgan fingerprint density at radius 3 is 2.57 bits per heavy atom. The van der Waals surface area contributed by atoms with Crippen LogP contribution in [0.3, 0.4) is 0 Å². The maximum Gasteiger partial charge on any atom is 0.227 e. The lowest BCUT2D eigenvalue weighted by molar-refractivity contribution is -0.116. The molecule has 23 heavy (non-hydrogen) atoms. The molecule has 4 nitrogen and oxygen atoms in total. The number of carbonyl (C=O) groups is 1. The summed E-state index contributed by atoms with van der Waals surface area (Å²) in [5, 5.41) is 2.79. The number of ether oxygens (including phenoxy) is 1. The van der Waals surface area contributed by atoms with Gasteiger partial charge in [0.05, 0.1) is 24.4 Å². The molecule has 0 unspecified atom stereocenters. The summed E-state index contributed by atoms with van der Waals surface area (Å²) in [6, 6.07) is 11.3. The van der Waals surface area contributed by atoms with E-state index < -0.39 is 0 Å². The Balaban J connectivity index is 0.00000264. The fourth-order valence-electron chi connectivity index (χ4n) is 2.23. The Kier molecular flexibility index (Phi) is 6.91. The first-order valence-corrected chi connectivity index (χ1v) is 7.32. The van der Waals surface area contributed by atoms with Gasteiger partial charge in [0.2, 0.25) is 5.91 Å². The van der Waals surface area contributed by atoms with E-state index in [2.05, 4.69) is 18.3 Å². The fourth-order valence-corrected chi connectivity index (χ4v) is 2.23. The quantitative estimate of drug-likeness (QED) is 0.811. The predicted octanol–water partition coefficient (Wildman–Crippen LogP) is 4.02. The normalized spacial score (nSPS) is 9.87. The number of hydrogen-bond donors (Lipinski definition) is 2. The largest absolute Gasteiger partial charge is 0.493 e. The Labute approximate surface area is 143 Å². The summed E-state index contributed by atoms with van der Waals surface area (Å²) in [6.07, 6.45) is 0.279. The number of anilines is 2. The van der Waals surface area contributed by atoms with Crippen molar-refractivity contribution in [3.05, 3.63) is 53.1 Å². The molecule has 0 aromatic heterocycles. The molecule has 124 valence electrons. The molecule has 0 saturated carbocycles. The Hall–Kier alpha value is -2.20. The van der Waals surface area contributed by atoms with Gasteiger partial charge in [-0.25, -0.2) is 0 Å². The van der Waals surface area contributed by atoms with Gasteiger partial charge in [-0.3, -0.25) is 4.79 Å². The predicted molar refractivity (Wildman–Crippen MR) is 97.5 cm³/mol. The zero-order chi connectivity index (χ0) is 16.1. The van der Waals surface area contributed by atoms with Crippen LogP contribution in [0.1, 0.15) is 23.1 Å². The number of nitrogen functional groups attached to an aromatic ring is 1. The summed E-state index contributed by atoms with van der Waals surface area (Å²) < 4.78 is 5.74. The third kappa shape index (κ3) is 5.18.